The Morgan fingerprint density at radius 2 is 2.08 bits per heavy atom. The number of benzene rings is 1. The Morgan fingerprint density at radius 3 is 2.81 bits per heavy atom. The van der Waals surface area contributed by atoms with E-state index in [0.29, 0.717) is 36.9 Å². The van der Waals surface area contributed by atoms with Crippen molar-refractivity contribution in [3.8, 4) is 0 Å². The maximum Gasteiger partial charge on any atom is 0.214 e. The predicted molar refractivity (Wildman–Crippen MR) is 98.2 cm³/mol. The molecule has 2 aliphatic heterocycles. The molecule has 0 radical (unpaired) electrons. The average molecular weight is 375 g/mol. The van der Waals surface area contributed by atoms with Gasteiger partial charge in [-0.2, -0.15) is 4.31 Å². The summed E-state index contributed by atoms with van der Waals surface area (Å²) >= 11 is 0. The molecule has 1 fully saturated rings. The SMILES string of the molecule is CN(Cc1ccccc1)c1ncnc2c1[C@@H]1OC[C@H](CN2)N1S(C)(=O)=O. The van der Waals surface area contributed by atoms with Crippen molar-refractivity contribution in [2.75, 3.05) is 36.7 Å². The molecule has 9 heteroatoms. The number of hydrogen-bond donors (Lipinski definition) is 1. The second-order valence-electron chi connectivity index (χ2n) is 6.61. The summed E-state index contributed by atoms with van der Waals surface area (Å²) in [5.41, 5.74) is 1.80. The van der Waals surface area contributed by atoms with E-state index in [9.17, 15) is 8.42 Å². The van der Waals surface area contributed by atoms with Gasteiger partial charge in [-0.3, -0.25) is 0 Å². The standard InChI is InChI=1S/C17H21N5O3S/c1-21(9-12-6-4-3-5-7-12)16-14-15(19-11-20-16)18-8-13-10-25-17(14)22(13)26(2,23)24/h3-7,11,13,17H,8-10H2,1-2H3,(H,18,19,20)/t13-,17-/m0/s1. The number of aromatic nitrogens is 2. The number of anilines is 2. The smallest absolute Gasteiger partial charge is 0.214 e. The van der Waals surface area contributed by atoms with E-state index in [0.717, 1.165) is 5.56 Å². The Kier molecular flexibility index (Phi) is 4.29. The van der Waals surface area contributed by atoms with Crippen molar-refractivity contribution in [3.05, 3.63) is 47.8 Å². The molecule has 0 spiro atoms. The molecule has 3 heterocycles. The van der Waals surface area contributed by atoms with Gasteiger partial charge >= 0.3 is 0 Å². The molecule has 138 valence electrons. The van der Waals surface area contributed by atoms with Crippen LogP contribution >= 0.6 is 0 Å². The van der Waals surface area contributed by atoms with E-state index in [4.69, 9.17) is 4.74 Å². The Bertz CT molecular complexity index is 906. The fraction of sp³-hybridized carbons (Fsp3) is 0.412. The van der Waals surface area contributed by atoms with E-state index in [2.05, 4.69) is 15.3 Å². The average Bonchev–Trinajstić information content (AvgIpc) is 2.95. The van der Waals surface area contributed by atoms with Crippen molar-refractivity contribution in [2.24, 2.45) is 0 Å². The van der Waals surface area contributed by atoms with Gasteiger partial charge in [-0.25, -0.2) is 18.4 Å². The summed E-state index contributed by atoms with van der Waals surface area (Å²) < 4.78 is 32.0. The Labute approximate surface area is 152 Å². The van der Waals surface area contributed by atoms with Gasteiger partial charge in [-0.15, -0.1) is 0 Å². The first-order valence-electron chi connectivity index (χ1n) is 8.39. The number of ether oxygens (including phenoxy) is 1. The Morgan fingerprint density at radius 1 is 1.31 bits per heavy atom. The fourth-order valence-electron chi connectivity index (χ4n) is 3.55. The van der Waals surface area contributed by atoms with Crippen LogP contribution < -0.4 is 10.2 Å². The van der Waals surface area contributed by atoms with Gasteiger partial charge in [0.15, 0.2) is 6.23 Å². The van der Waals surface area contributed by atoms with Gasteiger partial charge in [0, 0.05) is 20.1 Å². The van der Waals surface area contributed by atoms with Crippen LogP contribution in [0.5, 0.6) is 0 Å². The number of sulfonamides is 1. The molecular weight excluding hydrogens is 354 g/mol. The minimum absolute atomic E-state index is 0.253. The second kappa shape index (κ2) is 6.49. The van der Waals surface area contributed by atoms with E-state index in [-0.39, 0.29) is 6.04 Å². The van der Waals surface area contributed by atoms with Gasteiger partial charge in [-0.05, 0) is 5.56 Å². The first-order valence-corrected chi connectivity index (χ1v) is 10.2. The van der Waals surface area contributed by atoms with Crippen molar-refractivity contribution in [1.29, 1.82) is 0 Å². The minimum Gasteiger partial charge on any atom is -0.368 e. The van der Waals surface area contributed by atoms with Crippen LogP contribution in [0.3, 0.4) is 0 Å². The van der Waals surface area contributed by atoms with Crippen LogP contribution in [-0.2, 0) is 21.3 Å². The second-order valence-corrected chi connectivity index (χ2v) is 8.50. The molecule has 8 nitrogen and oxygen atoms in total. The summed E-state index contributed by atoms with van der Waals surface area (Å²) in [6.45, 7) is 1.44. The predicted octanol–water partition coefficient (Wildman–Crippen LogP) is 1.20. The normalized spacial score (nSPS) is 22.4. The topological polar surface area (TPSA) is 87.7 Å². The van der Waals surface area contributed by atoms with Gasteiger partial charge in [0.2, 0.25) is 10.0 Å². The van der Waals surface area contributed by atoms with Gasteiger partial charge in [0.25, 0.3) is 0 Å². The summed E-state index contributed by atoms with van der Waals surface area (Å²) in [5, 5.41) is 3.25. The highest BCUT2D eigenvalue weighted by atomic mass is 32.2. The highest BCUT2D eigenvalue weighted by Gasteiger charge is 2.46. The van der Waals surface area contributed by atoms with Crippen LogP contribution in [0, 0.1) is 0 Å². The van der Waals surface area contributed by atoms with Crippen LogP contribution in [0.4, 0.5) is 11.6 Å². The number of fused-ring (bicyclic) bond motifs is 4. The highest BCUT2D eigenvalue weighted by Crippen LogP contribution is 2.42. The molecule has 4 rings (SSSR count). The first-order chi connectivity index (χ1) is 12.4. The van der Waals surface area contributed by atoms with E-state index in [1.165, 1.54) is 16.9 Å². The van der Waals surface area contributed by atoms with Crippen molar-refractivity contribution < 1.29 is 13.2 Å². The molecule has 26 heavy (non-hydrogen) atoms. The molecule has 0 aliphatic carbocycles. The van der Waals surface area contributed by atoms with Gasteiger partial charge in [0.05, 0.1) is 24.5 Å². The summed E-state index contributed by atoms with van der Waals surface area (Å²) in [6, 6.07) is 9.78. The van der Waals surface area contributed by atoms with Gasteiger partial charge in [0.1, 0.15) is 18.0 Å². The number of nitrogens with zero attached hydrogens (tertiary/aromatic N) is 4. The lowest BCUT2D eigenvalue weighted by molar-refractivity contribution is 0.0691. The quantitative estimate of drug-likeness (QED) is 0.859. The third kappa shape index (κ3) is 3.02. The summed E-state index contributed by atoms with van der Waals surface area (Å²) in [5.74, 6) is 1.28. The first kappa shape index (κ1) is 17.2. The molecule has 1 saturated heterocycles. The zero-order chi connectivity index (χ0) is 18.3. The molecule has 1 N–H and O–H groups in total. The molecule has 1 aromatic carbocycles. The number of rotatable bonds is 4. The molecule has 2 aromatic rings. The summed E-state index contributed by atoms with van der Waals surface area (Å²) in [4.78, 5) is 10.7. The zero-order valence-electron chi connectivity index (χ0n) is 14.7. The minimum atomic E-state index is -3.43. The molecular formula is C17H21N5O3S. The largest absolute Gasteiger partial charge is 0.368 e. The Balaban J connectivity index is 1.75. The maximum absolute atomic E-state index is 12.3. The Hall–Kier alpha value is -2.23. The van der Waals surface area contributed by atoms with E-state index in [1.54, 1.807) is 0 Å². The number of hydrogen-bond acceptors (Lipinski definition) is 7. The fourth-order valence-corrected chi connectivity index (χ4v) is 4.74. The third-order valence-corrected chi connectivity index (χ3v) is 5.92. The van der Waals surface area contributed by atoms with Crippen molar-refractivity contribution in [2.45, 2.75) is 18.8 Å². The molecule has 0 amide bonds. The van der Waals surface area contributed by atoms with Crippen LogP contribution in [0.1, 0.15) is 17.4 Å². The third-order valence-electron chi connectivity index (χ3n) is 4.66. The lowest BCUT2D eigenvalue weighted by atomic mass is 10.2. The van der Waals surface area contributed by atoms with E-state index in [1.807, 2.05) is 42.3 Å². The molecule has 1 aromatic heterocycles. The zero-order valence-corrected chi connectivity index (χ0v) is 15.5. The summed E-state index contributed by atoms with van der Waals surface area (Å²) in [7, 11) is -1.51. The highest BCUT2D eigenvalue weighted by molar-refractivity contribution is 7.88. The molecule has 0 saturated carbocycles. The lowest BCUT2D eigenvalue weighted by Crippen LogP contribution is -2.39. The van der Waals surface area contributed by atoms with Crippen molar-refractivity contribution >= 4 is 21.7 Å². The van der Waals surface area contributed by atoms with Crippen molar-refractivity contribution in [3.63, 3.8) is 0 Å². The van der Waals surface area contributed by atoms with Crippen LogP contribution in [-0.4, -0.2) is 55.2 Å². The van der Waals surface area contributed by atoms with Crippen LogP contribution in [0.25, 0.3) is 0 Å². The molecule has 2 aliphatic rings. The van der Waals surface area contributed by atoms with Crippen molar-refractivity contribution in [1.82, 2.24) is 14.3 Å². The molecule has 0 unspecified atom stereocenters. The monoisotopic (exact) mass is 375 g/mol. The molecule has 2 bridgehead atoms. The van der Waals surface area contributed by atoms with Gasteiger partial charge in [-0.1, -0.05) is 30.3 Å². The molecule has 2 atom stereocenters. The lowest BCUT2D eigenvalue weighted by Gasteiger charge is -2.27. The maximum atomic E-state index is 12.3. The van der Waals surface area contributed by atoms with E-state index >= 15 is 0 Å². The number of nitrogens with one attached hydrogen (secondary N) is 1. The van der Waals surface area contributed by atoms with Crippen LogP contribution in [0.15, 0.2) is 36.7 Å². The van der Waals surface area contributed by atoms with E-state index < -0.39 is 16.3 Å². The summed E-state index contributed by atoms with van der Waals surface area (Å²) in [6.07, 6.45) is 1.99. The van der Waals surface area contributed by atoms with Crippen LogP contribution in [0.2, 0.25) is 0 Å². The van der Waals surface area contributed by atoms with Gasteiger partial charge < -0.3 is 15.0 Å².